The second-order valence-corrected chi connectivity index (χ2v) is 7.40. The fourth-order valence-corrected chi connectivity index (χ4v) is 2.63. The molecular formula is C21H25N3O3. The van der Waals surface area contributed by atoms with Crippen molar-refractivity contribution in [2.24, 2.45) is 5.41 Å². The van der Waals surface area contributed by atoms with E-state index in [-0.39, 0.29) is 29.6 Å². The van der Waals surface area contributed by atoms with E-state index in [0.717, 1.165) is 5.56 Å². The van der Waals surface area contributed by atoms with Crippen LogP contribution >= 0.6 is 0 Å². The van der Waals surface area contributed by atoms with Gasteiger partial charge >= 0.3 is 5.97 Å². The van der Waals surface area contributed by atoms with Crippen LogP contribution in [0.3, 0.4) is 0 Å². The van der Waals surface area contributed by atoms with Crippen molar-refractivity contribution in [3.05, 3.63) is 46.6 Å². The number of nitriles is 1. The van der Waals surface area contributed by atoms with Crippen LogP contribution in [0.4, 0.5) is 5.82 Å². The molecule has 0 radical (unpaired) electrons. The summed E-state index contributed by atoms with van der Waals surface area (Å²) in [5, 5.41) is 12.5. The summed E-state index contributed by atoms with van der Waals surface area (Å²) < 4.78 is 6.79. The molecule has 2 aromatic rings. The molecule has 1 N–H and O–H groups in total. The Bertz CT molecular complexity index is 910. The van der Waals surface area contributed by atoms with Gasteiger partial charge in [-0.2, -0.15) is 5.26 Å². The normalized spacial score (nSPS) is 11.0. The Balaban J connectivity index is 2.78. The Hall–Kier alpha value is -3.07. The highest BCUT2D eigenvalue weighted by atomic mass is 16.5. The lowest BCUT2D eigenvalue weighted by atomic mass is 9.95. The lowest BCUT2D eigenvalue weighted by Gasteiger charge is -2.20. The Morgan fingerprint density at radius 3 is 2.26 bits per heavy atom. The Morgan fingerprint density at radius 2 is 1.78 bits per heavy atom. The quantitative estimate of drug-likeness (QED) is 0.824. The number of carbonyl (C=O) groups is 2. The number of aromatic nitrogens is 1. The Kier molecular flexibility index (Phi) is 5.75. The number of hydrogen-bond donors (Lipinski definition) is 1. The molecule has 0 aliphatic heterocycles. The molecule has 0 aliphatic carbocycles. The van der Waals surface area contributed by atoms with Gasteiger partial charge in [0.05, 0.1) is 12.2 Å². The molecule has 1 heterocycles. The first-order valence-corrected chi connectivity index (χ1v) is 8.82. The smallest absolute Gasteiger partial charge is 0.355 e. The standard InChI is InChI=1S/C21H25N3O3/c1-7-27-19(25)17-14(3)16(12-22)18(23-20(26)21(4,5)6)24(17)15-10-8-13(2)9-11-15/h8-11H,7H2,1-6H3,(H,23,26). The van der Waals surface area contributed by atoms with Gasteiger partial charge in [0.2, 0.25) is 5.91 Å². The van der Waals surface area contributed by atoms with E-state index in [1.54, 1.807) is 39.2 Å². The summed E-state index contributed by atoms with van der Waals surface area (Å²) in [6.45, 7) is 10.9. The fraction of sp³-hybridized carbons (Fsp3) is 0.381. The van der Waals surface area contributed by atoms with Crippen LogP contribution in [-0.2, 0) is 9.53 Å². The van der Waals surface area contributed by atoms with E-state index in [1.807, 2.05) is 31.2 Å². The van der Waals surface area contributed by atoms with Gasteiger partial charge < -0.3 is 10.1 Å². The molecule has 1 aromatic carbocycles. The summed E-state index contributed by atoms with van der Waals surface area (Å²) in [5.41, 5.74) is 2.02. The van der Waals surface area contributed by atoms with E-state index in [0.29, 0.717) is 11.3 Å². The third kappa shape index (κ3) is 4.03. The lowest BCUT2D eigenvalue weighted by molar-refractivity contribution is -0.123. The topological polar surface area (TPSA) is 84.1 Å². The Labute approximate surface area is 159 Å². The molecule has 6 heteroatoms. The average molecular weight is 367 g/mol. The number of hydrogen-bond acceptors (Lipinski definition) is 4. The van der Waals surface area contributed by atoms with E-state index < -0.39 is 11.4 Å². The first kappa shape index (κ1) is 20.2. The van der Waals surface area contributed by atoms with Crippen LogP contribution in [0.2, 0.25) is 0 Å². The van der Waals surface area contributed by atoms with Crippen LogP contribution in [0.25, 0.3) is 5.69 Å². The maximum absolute atomic E-state index is 12.6. The number of amides is 1. The number of anilines is 1. The van der Waals surface area contributed by atoms with Gasteiger partial charge in [-0.3, -0.25) is 9.36 Å². The molecule has 0 saturated heterocycles. The van der Waals surface area contributed by atoms with Crippen LogP contribution in [0.1, 0.15) is 54.9 Å². The van der Waals surface area contributed by atoms with E-state index in [4.69, 9.17) is 4.74 Å². The van der Waals surface area contributed by atoms with Gasteiger partial charge in [-0.05, 0) is 32.9 Å². The molecule has 27 heavy (non-hydrogen) atoms. The number of aryl methyl sites for hydroxylation is 1. The summed E-state index contributed by atoms with van der Waals surface area (Å²) in [7, 11) is 0. The van der Waals surface area contributed by atoms with Crippen LogP contribution in [0.5, 0.6) is 0 Å². The molecule has 0 unspecified atom stereocenters. The number of nitrogens with one attached hydrogen (secondary N) is 1. The highest BCUT2D eigenvalue weighted by molar-refractivity contribution is 5.99. The van der Waals surface area contributed by atoms with E-state index >= 15 is 0 Å². The number of ether oxygens (including phenoxy) is 1. The lowest BCUT2D eigenvalue weighted by Crippen LogP contribution is -2.29. The third-order valence-corrected chi connectivity index (χ3v) is 4.20. The minimum absolute atomic E-state index is 0.211. The maximum Gasteiger partial charge on any atom is 0.355 e. The van der Waals surface area contributed by atoms with Crippen molar-refractivity contribution >= 4 is 17.7 Å². The minimum atomic E-state index is -0.660. The third-order valence-electron chi connectivity index (χ3n) is 4.20. The fourth-order valence-electron chi connectivity index (χ4n) is 2.63. The maximum atomic E-state index is 12.6. The zero-order chi connectivity index (χ0) is 20.4. The largest absolute Gasteiger partial charge is 0.461 e. The highest BCUT2D eigenvalue weighted by Gasteiger charge is 2.30. The number of benzene rings is 1. The molecular weight excluding hydrogens is 342 g/mol. The monoisotopic (exact) mass is 367 g/mol. The first-order valence-electron chi connectivity index (χ1n) is 8.82. The van der Waals surface area contributed by atoms with Crippen molar-refractivity contribution in [1.82, 2.24) is 4.57 Å². The molecule has 6 nitrogen and oxygen atoms in total. The number of nitrogens with zero attached hydrogens (tertiary/aromatic N) is 2. The second kappa shape index (κ2) is 7.67. The molecule has 0 aliphatic rings. The predicted octanol–water partition coefficient (Wildman–Crippen LogP) is 4.13. The van der Waals surface area contributed by atoms with Gasteiger partial charge in [-0.1, -0.05) is 38.5 Å². The van der Waals surface area contributed by atoms with Crippen molar-refractivity contribution < 1.29 is 14.3 Å². The van der Waals surface area contributed by atoms with Crippen molar-refractivity contribution in [3.63, 3.8) is 0 Å². The van der Waals surface area contributed by atoms with Crippen molar-refractivity contribution in [3.8, 4) is 11.8 Å². The van der Waals surface area contributed by atoms with Gasteiger partial charge in [-0.15, -0.1) is 0 Å². The van der Waals surface area contributed by atoms with Crippen LogP contribution in [0.15, 0.2) is 24.3 Å². The summed E-state index contributed by atoms with van der Waals surface area (Å²) in [5.74, 6) is -0.509. The zero-order valence-electron chi connectivity index (χ0n) is 16.6. The first-order chi connectivity index (χ1) is 12.6. The van der Waals surface area contributed by atoms with Crippen molar-refractivity contribution in [1.29, 1.82) is 5.26 Å². The molecule has 0 spiro atoms. The van der Waals surface area contributed by atoms with Gasteiger partial charge in [0.25, 0.3) is 0 Å². The van der Waals surface area contributed by atoms with Crippen LogP contribution in [-0.4, -0.2) is 23.1 Å². The van der Waals surface area contributed by atoms with E-state index in [1.165, 1.54) is 0 Å². The molecule has 2 rings (SSSR count). The van der Waals surface area contributed by atoms with Gasteiger partial charge in [0.1, 0.15) is 17.6 Å². The highest BCUT2D eigenvalue weighted by Crippen LogP contribution is 2.32. The second-order valence-electron chi connectivity index (χ2n) is 7.40. The van der Waals surface area contributed by atoms with Crippen LogP contribution < -0.4 is 5.32 Å². The minimum Gasteiger partial charge on any atom is -0.461 e. The summed E-state index contributed by atoms with van der Waals surface area (Å²) >= 11 is 0. The summed E-state index contributed by atoms with van der Waals surface area (Å²) in [6.07, 6.45) is 0. The Morgan fingerprint density at radius 1 is 1.19 bits per heavy atom. The van der Waals surface area contributed by atoms with Gasteiger partial charge in [0.15, 0.2) is 0 Å². The SMILES string of the molecule is CCOC(=O)c1c(C)c(C#N)c(NC(=O)C(C)(C)C)n1-c1ccc(C)cc1. The molecule has 1 aromatic heterocycles. The van der Waals surface area contributed by atoms with Crippen molar-refractivity contribution in [2.75, 3.05) is 11.9 Å². The molecule has 0 bridgehead atoms. The zero-order valence-corrected chi connectivity index (χ0v) is 16.6. The summed E-state index contributed by atoms with van der Waals surface area (Å²) in [6, 6.07) is 9.60. The summed E-state index contributed by atoms with van der Waals surface area (Å²) in [4.78, 5) is 25.2. The van der Waals surface area contributed by atoms with Gasteiger partial charge in [-0.25, -0.2) is 4.79 Å². The number of rotatable bonds is 4. The molecule has 142 valence electrons. The van der Waals surface area contributed by atoms with Crippen molar-refractivity contribution in [2.45, 2.75) is 41.5 Å². The molecule has 0 fully saturated rings. The van der Waals surface area contributed by atoms with E-state index in [2.05, 4.69) is 11.4 Å². The van der Waals surface area contributed by atoms with Gasteiger partial charge in [0, 0.05) is 16.7 Å². The molecule has 0 saturated carbocycles. The van der Waals surface area contributed by atoms with E-state index in [9.17, 15) is 14.9 Å². The predicted molar refractivity (Wildman–Crippen MR) is 104 cm³/mol. The number of esters is 1. The average Bonchev–Trinajstić information content (AvgIpc) is 2.86. The van der Waals surface area contributed by atoms with Crippen LogP contribution in [0, 0.1) is 30.6 Å². The molecule has 0 atom stereocenters. The number of carbonyl (C=O) groups excluding carboxylic acids is 2. The molecule has 1 amide bonds.